The van der Waals surface area contributed by atoms with Gasteiger partial charge < -0.3 is 13.7 Å². The van der Waals surface area contributed by atoms with Crippen LogP contribution in [0.3, 0.4) is 0 Å². The molecule has 6 aromatic rings. The smallest absolute Gasteiger partial charge is 0.744 e. The van der Waals surface area contributed by atoms with E-state index in [-0.39, 0.29) is 128 Å². The Bertz CT molecular complexity index is 2490. The van der Waals surface area contributed by atoms with E-state index in [2.05, 4.69) is 20.5 Å². The van der Waals surface area contributed by atoms with Gasteiger partial charge in [-0.05, 0) is 47.5 Å². The van der Waals surface area contributed by atoms with Crippen molar-refractivity contribution in [2.45, 2.75) is 14.7 Å². The molecular weight excluding hydrogens is 705 g/mol. The van der Waals surface area contributed by atoms with Gasteiger partial charge in [0.25, 0.3) is 0 Å². The van der Waals surface area contributed by atoms with Gasteiger partial charge in [-0.15, -0.1) is 15.3 Å². The molecule has 0 saturated heterocycles. The second kappa shape index (κ2) is 15.0. The molecule has 0 fully saturated rings. The third-order valence-electron chi connectivity index (χ3n) is 6.53. The average Bonchev–Trinajstić information content (AvgIpc) is 3.65. The maximum Gasteiger partial charge on any atom is 1.00 e. The van der Waals surface area contributed by atoms with Crippen LogP contribution >= 0.6 is 0 Å². The molecule has 0 bridgehead atoms. The van der Waals surface area contributed by atoms with Crippen molar-refractivity contribution < 1.29 is 128 Å². The fourth-order valence-electron chi connectivity index (χ4n) is 4.59. The van der Waals surface area contributed by atoms with Crippen LogP contribution in [0.25, 0.3) is 45.3 Å². The van der Waals surface area contributed by atoms with Crippen molar-refractivity contribution in [3.8, 4) is 11.4 Å². The van der Waals surface area contributed by atoms with E-state index < -0.39 is 45.0 Å². The summed E-state index contributed by atoms with van der Waals surface area (Å²) in [5, 5.41) is 16.4. The fourth-order valence-corrected chi connectivity index (χ4v) is 6.66. The monoisotopic (exact) mass is 720 g/mol. The van der Waals surface area contributed by atoms with Crippen LogP contribution in [-0.2, 0) is 30.4 Å². The Kier molecular flexibility index (Phi) is 12.6. The van der Waals surface area contributed by atoms with Crippen LogP contribution in [0.15, 0.2) is 93.8 Å². The van der Waals surface area contributed by atoms with Crippen LogP contribution < -0.4 is 88.7 Å². The van der Waals surface area contributed by atoms with Gasteiger partial charge in [0.1, 0.15) is 41.4 Å². The van der Waals surface area contributed by atoms with Gasteiger partial charge in [0, 0.05) is 10.8 Å². The normalized spacial score (nSPS) is 12.1. The molecule has 21 heteroatoms. The summed E-state index contributed by atoms with van der Waals surface area (Å²) >= 11 is 0. The molecule has 0 aliphatic heterocycles. The molecule has 0 amide bonds. The van der Waals surface area contributed by atoms with Crippen LogP contribution in [-0.4, -0.2) is 68.9 Å². The zero-order chi connectivity index (χ0) is 31.4. The molecule has 0 aliphatic rings. The summed E-state index contributed by atoms with van der Waals surface area (Å²) in [5.41, 5.74) is 0.588. The summed E-state index contributed by atoms with van der Waals surface area (Å²) in [6.07, 6.45) is 5.13. The molecule has 0 spiro atoms. The molecule has 15 nitrogen and oxygen atoms in total. The van der Waals surface area contributed by atoms with E-state index in [0.717, 1.165) is 16.9 Å². The summed E-state index contributed by atoms with van der Waals surface area (Å²) in [6.45, 7) is 0. The molecule has 0 atom stereocenters. The Morgan fingerprint density at radius 1 is 0.617 bits per heavy atom. The first-order chi connectivity index (χ1) is 20.7. The topological polar surface area (TPSA) is 233 Å². The van der Waals surface area contributed by atoms with E-state index in [0.29, 0.717) is 5.39 Å². The van der Waals surface area contributed by atoms with Gasteiger partial charge >= 0.3 is 88.7 Å². The summed E-state index contributed by atoms with van der Waals surface area (Å²) in [6, 6.07) is 14.4. The third kappa shape index (κ3) is 8.31. The largest absolute Gasteiger partial charge is 1.00 e. The van der Waals surface area contributed by atoms with Crippen molar-refractivity contribution in [1.82, 2.24) is 30.0 Å². The molecule has 2 heterocycles. The standard InChI is InChI=1S/C26H18N6O9S3.3Na/c33-42(34,35)23-3-1-2-21-20(23)10-11-22-26(21)29-32(28-22)19-9-7-17(25(15-19)44(39,40)41)5-4-16-6-8-18(31-13-12-27-30-31)14-24(16)43(36,37)38;;;/h1-15H,(H,33,34,35)(H,36,37,38)(H,39,40,41);;;/q;3*+1/p-3. The molecule has 0 aliphatic carbocycles. The summed E-state index contributed by atoms with van der Waals surface area (Å²) in [7, 11) is -14.9. The number of hydrogen-bond donors (Lipinski definition) is 0. The van der Waals surface area contributed by atoms with Crippen molar-refractivity contribution in [3.05, 3.63) is 90.3 Å². The van der Waals surface area contributed by atoms with E-state index >= 15 is 0 Å². The van der Waals surface area contributed by atoms with E-state index in [1.165, 1.54) is 77.8 Å². The minimum Gasteiger partial charge on any atom is -0.744 e. The number of aromatic nitrogens is 6. The molecule has 2 aromatic heterocycles. The van der Waals surface area contributed by atoms with Crippen LogP contribution in [0.1, 0.15) is 11.1 Å². The van der Waals surface area contributed by atoms with Gasteiger partial charge in [-0.2, -0.15) is 4.80 Å². The maximum absolute atomic E-state index is 12.2. The molecule has 47 heavy (non-hydrogen) atoms. The van der Waals surface area contributed by atoms with Crippen molar-refractivity contribution >= 4 is 64.3 Å². The molecule has 6 rings (SSSR count). The fraction of sp³-hybridized carbons (Fsp3) is 0. The molecular formula is C26H15N6Na3O9S3. The molecule has 0 N–H and O–H groups in total. The minimum absolute atomic E-state index is 0. The zero-order valence-electron chi connectivity index (χ0n) is 24.7. The van der Waals surface area contributed by atoms with Crippen molar-refractivity contribution in [3.63, 3.8) is 0 Å². The number of benzene rings is 4. The van der Waals surface area contributed by atoms with E-state index in [1.54, 1.807) is 6.07 Å². The summed E-state index contributed by atoms with van der Waals surface area (Å²) in [5.74, 6) is 0. The average molecular weight is 721 g/mol. The van der Waals surface area contributed by atoms with Gasteiger partial charge in [-0.1, -0.05) is 47.7 Å². The summed E-state index contributed by atoms with van der Waals surface area (Å²) in [4.78, 5) is -0.709. The first-order valence-electron chi connectivity index (χ1n) is 12.2. The Labute approximate surface area is 334 Å². The second-order valence-corrected chi connectivity index (χ2v) is 13.3. The van der Waals surface area contributed by atoms with Crippen molar-refractivity contribution in [2.75, 3.05) is 0 Å². The first kappa shape index (κ1) is 39.6. The van der Waals surface area contributed by atoms with Gasteiger partial charge in [0.05, 0.1) is 38.5 Å². The predicted molar refractivity (Wildman–Crippen MR) is 151 cm³/mol. The van der Waals surface area contributed by atoms with Gasteiger partial charge in [0.15, 0.2) is 0 Å². The van der Waals surface area contributed by atoms with Crippen LogP contribution in [0.5, 0.6) is 0 Å². The van der Waals surface area contributed by atoms with Gasteiger partial charge in [0.2, 0.25) is 0 Å². The van der Waals surface area contributed by atoms with Crippen LogP contribution in [0.4, 0.5) is 0 Å². The van der Waals surface area contributed by atoms with Crippen LogP contribution in [0, 0.1) is 0 Å². The number of hydrogen-bond acceptors (Lipinski definition) is 13. The van der Waals surface area contributed by atoms with E-state index in [4.69, 9.17) is 0 Å². The Hall–Kier alpha value is -1.85. The van der Waals surface area contributed by atoms with Crippen molar-refractivity contribution in [2.24, 2.45) is 0 Å². The Morgan fingerprint density at radius 3 is 1.74 bits per heavy atom. The zero-order valence-corrected chi connectivity index (χ0v) is 33.2. The second-order valence-electron chi connectivity index (χ2n) is 9.26. The molecule has 0 unspecified atom stereocenters. The maximum atomic E-state index is 12.2. The predicted octanol–water partition coefficient (Wildman–Crippen LogP) is -6.95. The van der Waals surface area contributed by atoms with E-state index in [9.17, 15) is 38.9 Å². The molecule has 0 saturated carbocycles. The SMILES string of the molecule is O=S(=O)([O-])c1cc(-n2ccnn2)ccc1C=Cc1ccc(-n2nc3ccc4c(S(=O)(=O)[O-])cccc4c3n2)cc1S(=O)(=O)[O-].[Na+].[Na+].[Na+]. The third-order valence-corrected chi connectivity index (χ3v) is 9.21. The number of nitrogens with zero attached hydrogens (tertiary/aromatic N) is 6. The number of fused-ring (bicyclic) bond motifs is 3. The van der Waals surface area contributed by atoms with Gasteiger partial charge in [-0.3, -0.25) is 0 Å². The first-order valence-corrected chi connectivity index (χ1v) is 16.4. The van der Waals surface area contributed by atoms with E-state index in [1.807, 2.05) is 0 Å². The molecule has 4 aromatic carbocycles. The quantitative estimate of drug-likeness (QED) is 0.0849. The van der Waals surface area contributed by atoms with Gasteiger partial charge in [-0.25, -0.2) is 29.9 Å². The minimum atomic E-state index is -5.10. The molecule has 0 radical (unpaired) electrons. The van der Waals surface area contributed by atoms with Crippen molar-refractivity contribution in [1.29, 1.82) is 0 Å². The number of rotatable bonds is 7. The molecule has 224 valence electrons. The Balaban J connectivity index is 0.00000200. The Morgan fingerprint density at radius 2 is 1.19 bits per heavy atom. The summed E-state index contributed by atoms with van der Waals surface area (Å²) < 4.78 is 109. The van der Waals surface area contributed by atoms with Crippen LogP contribution in [0.2, 0.25) is 0 Å².